The van der Waals surface area contributed by atoms with Gasteiger partial charge in [-0.15, -0.1) is 0 Å². The molecular formula is C12H9N3O3. The van der Waals surface area contributed by atoms with Crippen LogP contribution in [-0.4, -0.2) is 15.5 Å². The SMILES string of the molecule is Nc1ccc2[nH]c(=O)n(C(=O)c3ccco3)c2c1. The molecule has 0 fully saturated rings. The number of nitrogens with two attached hydrogens (primary N) is 1. The molecule has 0 saturated carbocycles. The molecule has 90 valence electrons. The Balaban J connectivity index is 2.29. The zero-order chi connectivity index (χ0) is 12.7. The molecule has 1 aromatic carbocycles. The van der Waals surface area contributed by atoms with Crippen molar-refractivity contribution >= 4 is 22.6 Å². The average molecular weight is 243 g/mol. The van der Waals surface area contributed by atoms with Crippen molar-refractivity contribution in [1.82, 2.24) is 9.55 Å². The standard InChI is InChI=1S/C12H9N3O3/c13-7-3-4-8-9(6-7)15(12(17)14-8)11(16)10-2-1-5-18-10/h1-6H,13H2,(H,14,17). The summed E-state index contributed by atoms with van der Waals surface area (Å²) in [5.41, 5.74) is 6.60. The maximum absolute atomic E-state index is 12.1. The van der Waals surface area contributed by atoms with Gasteiger partial charge in [-0.3, -0.25) is 4.79 Å². The maximum Gasteiger partial charge on any atom is 0.333 e. The minimum atomic E-state index is -0.526. The van der Waals surface area contributed by atoms with Gasteiger partial charge in [0.1, 0.15) is 0 Å². The number of hydrogen-bond acceptors (Lipinski definition) is 4. The molecule has 0 atom stereocenters. The van der Waals surface area contributed by atoms with Crippen LogP contribution in [0.1, 0.15) is 10.6 Å². The van der Waals surface area contributed by atoms with Gasteiger partial charge in [-0.2, -0.15) is 0 Å². The number of nitrogen functional groups attached to an aromatic ring is 1. The van der Waals surface area contributed by atoms with Crippen molar-refractivity contribution in [2.75, 3.05) is 5.73 Å². The summed E-state index contributed by atoms with van der Waals surface area (Å²) in [6, 6.07) is 7.95. The molecule has 6 nitrogen and oxygen atoms in total. The number of H-pyrrole nitrogens is 1. The monoisotopic (exact) mass is 243 g/mol. The van der Waals surface area contributed by atoms with E-state index in [-0.39, 0.29) is 5.76 Å². The topological polar surface area (TPSA) is 94.0 Å². The number of furan rings is 1. The molecule has 0 unspecified atom stereocenters. The number of hydrogen-bond donors (Lipinski definition) is 2. The van der Waals surface area contributed by atoms with E-state index in [2.05, 4.69) is 4.98 Å². The number of carbonyl (C=O) groups is 1. The number of anilines is 1. The molecule has 18 heavy (non-hydrogen) atoms. The van der Waals surface area contributed by atoms with Crippen LogP contribution in [0.25, 0.3) is 11.0 Å². The molecule has 3 N–H and O–H groups in total. The molecule has 3 rings (SSSR count). The van der Waals surface area contributed by atoms with Gasteiger partial charge in [-0.05, 0) is 30.3 Å². The van der Waals surface area contributed by atoms with Gasteiger partial charge in [0, 0.05) is 5.69 Å². The molecular weight excluding hydrogens is 234 g/mol. The van der Waals surface area contributed by atoms with Crippen molar-refractivity contribution in [2.45, 2.75) is 0 Å². The third-order valence-electron chi connectivity index (χ3n) is 2.64. The summed E-state index contributed by atoms with van der Waals surface area (Å²) in [6.07, 6.45) is 1.38. The maximum atomic E-state index is 12.1. The molecule has 2 aromatic heterocycles. The van der Waals surface area contributed by atoms with Gasteiger partial charge in [-0.1, -0.05) is 0 Å². The van der Waals surface area contributed by atoms with Gasteiger partial charge in [-0.25, -0.2) is 9.36 Å². The van der Waals surface area contributed by atoms with Crippen molar-refractivity contribution in [3.8, 4) is 0 Å². The predicted octanol–water partition coefficient (Wildman–Crippen LogP) is 1.19. The molecule has 0 amide bonds. The van der Waals surface area contributed by atoms with Crippen LogP contribution in [0.3, 0.4) is 0 Å². The Labute approximate surface area is 101 Å². The highest BCUT2D eigenvalue weighted by Gasteiger charge is 2.17. The van der Waals surface area contributed by atoms with Crippen molar-refractivity contribution in [2.24, 2.45) is 0 Å². The number of carbonyl (C=O) groups excluding carboxylic acids is 1. The molecule has 0 aliphatic heterocycles. The van der Waals surface area contributed by atoms with Crippen molar-refractivity contribution in [1.29, 1.82) is 0 Å². The number of aromatic nitrogens is 2. The quantitative estimate of drug-likeness (QED) is 0.628. The van der Waals surface area contributed by atoms with E-state index in [0.717, 1.165) is 4.57 Å². The van der Waals surface area contributed by atoms with Crippen LogP contribution in [0.2, 0.25) is 0 Å². The Morgan fingerprint density at radius 2 is 2.17 bits per heavy atom. The number of imidazole rings is 1. The van der Waals surface area contributed by atoms with Crippen LogP contribution in [-0.2, 0) is 0 Å². The van der Waals surface area contributed by atoms with E-state index in [4.69, 9.17) is 10.2 Å². The zero-order valence-corrected chi connectivity index (χ0v) is 9.21. The van der Waals surface area contributed by atoms with Crippen molar-refractivity contribution in [3.05, 3.63) is 52.8 Å². The molecule has 0 bridgehead atoms. The van der Waals surface area contributed by atoms with E-state index in [1.807, 2.05) is 0 Å². The van der Waals surface area contributed by atoms with Crippen LogP contribution in [0.5, 0.6) is 0 Å². The second-order valence-electron chi connectivity index (χ2n) is 3.82. The van der Waals surface area contributed by atoms with Gasteiger partial charge in [0.15, 0.2) is 5.76 Å². The summed E-state index contributed by atoms with van der Waals surface area (Å²) >= 11 is 0. The summed E-state index contributed by atoms with van der Waals surface area (Å²) in [7, 11) is 0. The van der Waals surface area contributed by atoms with Crippen LogP contribution >= 0.6 is 0 Å². The number of fused-ring (bicyclic) bond motifs is 1. The van der Waals surface area contributed by atoms with Crippen molar-refractivity contribution < 1.29 is 9.21 Å². The van der Waals surface area contributed by atoms with E-state index in [9.17, 15) is 9.59 Å². The fourth-order valence-electron chi connectivity index (χ4n) is 1.83. The summed E-state index contributed by atoms with van der Waals surface area (Å²) in [5.74, 6) is -0.428. The minimum absolute atomic E-state index is 0.0976. The Morgan fingerprint density at radius 3 is 2.89 bits per heavy atom. The highest BCUT2D eigenvalue weighted by atomic mass is 16.3. The lowest BCUT2D eigenvalue weighted by Gasteiger charge is -1.99. The van der Waals surface area contributed by atoms with Gasteiger partial charge >= 0.3 is 11.6 Å². The first-order chi connectivity index (χ1) is 8.66. The van der Waals surface area contributed by atoms with E-state index in [1.54, 1.807) is 24.3 Å². The predicted molar refractivity (Wildman–Crippen MR) is 65.4 cm³/mol. The van der Waals surface area contributed by atoms with Crippen LogP contribution in [0, 0.1) is 0 Å². The lowest BCUT2D eigenvalue weighted by molar-refractivity contribution is 0.0933. The van der Waals surface area contributed by atoms with E-state index >= 15 is 0 Å². The van der Waals surface area contributed by atoms with Gasteiger partial charge in [0.05, 0.1) is 17.3 Å². The second-order valence-corrected chi connectivity index (χ2v) is 3.82. The molecule has 3 aromatic rings. The normalized spacial score (nSPS) is 10.9. The third-order valence-corrected chi connectivity index (χ3v) is 2.64. The largest absolute Gasteiger partial charge is 0.459 e. The number of nitrogens with zero attached hydrogens (tertiary/aromatic N) is 1. The first-order valence-electron chi connectivity index (χ1n) is 5.25. The van der Waals surface area contributed by atoms with Crippen LogP contribution in [0.4, 0.5) is 5.69 Å². The summed E-state index contributed by atoms with van der Waals surface area (Å²) < 4.78 is 6.00. The zero-order valence-electron chi connectivity index (χ0n) is 9.21. The minimum Gasteiger partial charge on any atom is -0.459 e. The van der Waals surface area contributed by atoms with Crippen LogP contribution < -0.4 is 11.4 Å². The van der Waals surface area contributed by atoms with Gasteiger partial charge in [0.2, 0.25) is 0 Å². The molecule has 6 heteroatoms. The molecule has 0 saturated heterocycles. The summed E-state index contributed by atoms with van der Waals surface area (Å²) in [4.78, 5) is 26.5. The van der Waals surface area contributed by atoms with Crippen molar-refractivity contribution in [3.63, 3.8) is 0 Å². The number of nitrogens with one attached hydrogen (secondary N) is 1. The first kappa shape index (κ1) is 10.4. The second kappa shape index (κ2) is 3.63. The van der Waals surface area contributed by atoms with E-state index in [1.165, 1.54) is 12.3 Å². The fraction of sp³-hybridized carbons (Fsp3) is 0. The summed E-state index contributed by atoms with van der Waals surface area (Å²) in [5, 5.41) is 0. The van der Waals surface area contributed by atoms with E-state index in [0.29, 0.717) is 16.7 Å². The fourth-order valence-corrected chi connectivity index (χ4v) is 1.83. The number of benzene rings is 1. The lowest BCUT2D eigenvalue weighted by Crippen LogP contribution is -2.24. The molecule has 2 heterocycles. The number of rotatable bonds is 1. The van der Waals surface area contributed by atoms with Crippen LogP contribution in [0.15, 0.2) is 45.8 Å². The van der Waals surface area contributed by atoms with Gasteiger partial charge < -0.3 is 15.1 Å². The molecule has 0 aliphatic carbocycles. The molecule has 0 aliphatic rings. The smallest absolute Gasteiger partial charge is 0.333 e. The first-order valence-corrected chi connectivity index (χ1v) is 5.25. The van der Waals surface area contributed by atoms with Gasteiger partial charge in [0.25, 0.3) is 0 Å². The Kier molecular flexibility index (Phi) is 2.09. The molecule has 0 radical (unpaired) electrons. The summed E-state index contributed by atoms with van der Waals surface area (Å²) in [6.45, 7) is 0. The average Bonchev–Trinajstić information content (AvgIpc) is 2.94. The Bertz CT molecular complexity index is 781. The third kappa shape index (κ3) is 1.43. The lowest BCUT2D eigenvalue weighted by atomic mass is 10.3. The molecule has 0 spiro atoms. The number of aromatic amines is 1. The Hall–Kier alpha value is -2.76. The highest BCUT2D eigenvalue weighted by molar-refractivity contribution is 5.99. The van der Waals surface area contributed by atoms with E-state index < -0.39 is 11.6 Å². The highest BCUT2D eigenvalue weighted by Crippen LogP contribution is 2.15. The Morgan fingerprint density at radius 1 is 1.33 bits per heavy atom.